The summed E-state index contributed by atoms with van der Waals surface area (Å²) >= 11 is 3.48. The minimum atomic E-state index is -0.345. The Morgan fingerprint density at radius 1 is 1.18 bits per heavy atom. The van der Waals surface area contributed by atoms with Gasteiger partial charge in [-0.3, -0.25) is 4.79 Å². The molecule has 0 aliphatic heterocycles. The molecule has 22 heavy (non-hydrogen) atoms. The molecule has 0 bridgehead atoms. The van der Waals surface area contributed by atoms with E-state index in [0.717, 1.165) is 27.8 Å². The minimum Gasteiger partial charge on any atom is -0.488 e. The summed E-state index contributed by atoms with van der Waals surface area (Å²) in [5, 5.41) is 0. The molecule has 0 radical (unpaired) electrons. The van der Waals surface area contributed by atoms with Crippen LogP contribution in [-0.4, -0.2) is 5.97 Å². The third-order valence-electron chi connectivity index (χ3n) is 3.35. The van der Waals surface area contributed by atoms with E-state index in [9.17, 15) is 4.79 Å². The number of ether oxygens (including phenoxy) is 2. The van der Waals surface area contributed by atoms with Gasteiger partial charge in [0, 0.05) is 17.0 Å². The first kappa shape index (κ1) is 16.6. The summed E-state index contributed by atoms with van der Waals surface area (Å²) in [6.07, 6.45) is 1.00. The average Bonchev–Trinajstić information content (AvgIpc) is 2.47. The van der Waals surface area contributed by atoms with Gasteiger partial charge in [0.25, 0.3) is 0 Å². The van der Waals surface area contributed by atoms with E-state index in [0.29, 0.717) is 12.4 Å². The van der Waals surface area contributed by atoms with Crippen LogP contribution >= 0.6 is 15.9 Å². The fourth-order valence-electron chi connectivity index (χ4n) is 2.17. The number of halogens is 1. The van der Waals surface area contributed by atoms with Crippen LogP contribution < -0.4 is 9.47 Å². The summed E-state index contributed by atoms with van der Waals surface area (Å²) in [6.45, 7) is 5.87. The van der Waals surface area contributed by atoms with Crippen molar-refractivity contribution in [2.45, 2.75) is 33.8 Å². The Hall–Kier alpha value is -1.81. The molecular weight excluding hydrogens is 344 g/mol. The van der Waals surface area contributed by atoms with Gasteiger partial charge < -0.3 is 9.47 Å². The van der Waals surface area contributed by atoms with Crippen LogP contribution in [0.1, 0.15) is 30.5 Å². The maximum absolute atomic E-state index is 11.2. The lowest BCUT2D eigenvalue weighted by molar-refractivity contribution is -0.131. The predicted molar refractivity (Wildman–Crippen MR) is 90.3 cm³/mol. The normalized spacial score (nSPS) is 10.4. The fourth-order valence-corrected chi connectivity index (χ4v) is 2.64. The number of rotatable bonds is 5. The van der Waals surface area contributed by atoms with Crippen molar-refractivity contribution in [1.82, 2.24) is 0 Å². The van der Waals surface area contributed by atoms with Crippen LogP contribution in [0.4, 0.5) is 0 Å². The molecule has 0 unspecified atom stereocenters. The van der Waals surface area contributed by atoms with Crippen LogP contribution in [0.5, 0.6) is 11.5 Å². The second-order valence-electron chi connectivity index (χ2n) is 5.05. The lowest BCUT2D eigenvalue weighted by Gasteiger charge is -2.14. The molecule has 0 spiro atoms. The third-order valence-corrected chi connectivity index (χ3v) is 4.09. The zero-order chi connectivity index (χ0) is 16.1. The van der Waals surface area contributed by atoms with Crippen molar-refractivity contribution in [1.29, 1.82) is 0 Å². The molecule has 4 heteroatoms. The van der Waals surface area contributed by atoms with Crippen molar-refractivity contribution >= 4 is 21.9 Å². The molecule has 0 aliphatic carbocycles. The Morgan fingerprint density at radius 2 is 1.95 bits per heavy atom. The van der Waals surface area contributed by atoms with Gasteiger partial charge in [-0.1, -0.05) is 41.1 Å². The third kappa shape index (κ3) is 4.10. The second kappa shape index (κ2) is 7.45. The summed E-state index contributed by atoms with van der Waals surface area (Å²) < 4.78 is 12.0. The van der Waals surface area contributed by atoms with Crippen molar-refractivity contribution < 1.29 is 14.3 Å². The topological polar surface area (TPSA) is 35.5 Å². The van der Waals surface area contributed by atoms with Crippen LogP contribution in [0.2, 0.25) is 0 Å². The molecule has 0 saturated carbocycles. The highest BCUT2D eigenvalue weighted by molar-refractivity contribution is 9.10. The highest BCUT2D eigenvalue weighted by Gasteiger charge is 2.11. The summed E-state index contributed by atoms with van der Waals surface area (Å²) in [7, 11) is 0. The highest BCUT2D eigenvalue weighted by atomic mass is 79.9. The smallest absolute Gasteiger partial charge is 0.308 e. The lowest BCUT2D eigenvalue weighted by atomic mass is 10.1. The van der Waals surface area contributed by atoms with E-state index in [2.05, 4.69) is 35.0 Å². The van der Waals surface area contributed by atoms with Crippen molar-refractivity contribution in [3.05, 3.63) is 57.6 Å². The predicted octanol–water partition coefficient (Wildman–Crippen LogP) is 4.82. The Balaban J connectivity index is 2.19. The first-order valence-corrected chi connectivity index (χ1v) is 7.98. The first-order valence-electron chi connectivity index (χ1n) is 7.19. The standard InChI is InChI=1S/C18H19BrO3/c1-4-14-8-9-17(12(2)10-14)21-11-15-16(19)6-5-7-18(15)22-13(3)20/h5-10H,4,11H2,1-3H3. The number of carbonyl (C=O) groups is 1. The average molecular weight is 363 g/mol. The molecule has 0 N–H and O–H groups in total. The van der Waals surface area contributed by atoms with Gasteiger partial charge in [0.2, 0.25) is 0 Å². The molecule has 0 aromatic heterocycles. The van der Waals surface area contributed by atoms with E-state index in [1.54, 1.807) is 6.07 Å². The van der Waals surface area contributed by atoms with Crippen LogP contribution in [0, 0.1) is 6.92 Å². The molecule has 0 atom stereocenters. The molecule has 0 fully saturated rings. The molecule has 3 nitrogen and oxygen atoms in total. The number of esters is 1. The van der Waals surface area contributed by atoms with Crippen molar-refractivity contribution in [3.8, 4) is 11.5 Å². The number of carbonyl (C=O) groups excluding carboxylic acids is 1. The molecule has 0 saturated heterocycles. The van der Waals surface area contributed by atoms with Crippen molar-refractivity contribution in [2.24, 2.45) is 0 Å². The van der Waals surface area contributed by atoms with Crippen molar-refractivity contribution in [2.75, 3.05) is 0 Å². The molecule has 0 heterocycles. The largest absolute Gasteiger partial charge is 0.488 e. The van der Waals surface area contributed by atoms with Gasteiger partial charge in [-0.05, 0) is 42.7 Å². The van der Waals surface area contributed by atoms with Gasteiger partial charge in [0.1, 0.15) is 18.1 Å². The zero-order valence-corrected chi connectivity index (χ0v) is 14.6. The van der Waals surface area contributed by atoms with E-state index in [1.807, 2.05) is 25.1 Å². The minimum absolute atomic E-state index is 0.330. The van der Waals surface area contributed by atoms with Crippen LogP contribution in [0.15, 0.2) is 40.9 Å². The van der Waals surface area contributed by atoms with Gasteiger partial charge in [0.15, 0.2) is 0 Å². The SMILES string of the molecule is CCc1ccc(OCc2c(Br)cccc2OC(C)=O)c(C)c1. The molecule has 116 valence electrons. The van der Waals surface area contributed by atoms with E-state index in [4.69, 9.17) is 9.47 Å². The Bertz CT molecular complexity index is 680. The van der Waals surface area contributed by atoms with Gasteiger partial charge in [-0.2, -0.15) is 0 Å². The quantitative estimate of drug-likeness (QED) is 0.564. The first-order chi connectivity index (χ1) is 10.5. The van der Waals surface area contributed by atoms with Crippen LogP contribution in [0.25, 0.3) is 0 Å². The fraction of sp³-hybridized carbons (Fsp3) is 0.278. The molecule has 0 amide bonds. The van der Waals surface area contributed by atoms with Gasteiger partial charge in [-0.15, -0.1) is 0 Å². The van der Waals surface area contributed by atoms with Gasteiger partial charge in [0.05, 0.1) is 0 Å². The van der Waals surface area contributed by atoms with Crippen molar-refractivity contribution in [3.63, 3.8) is 0 Å². The number of benzene rings is 2. The molecule has 0 aliphatic rings. The lowest BCUT2D eigenvalue weighted by Crippen LogP contribution is -2.06. The Labute approximate surface area is 139 Å². The molecular formula is C18H19BrO3. The number of hydrogen-bond acceptors (Lipinski definition) is 3. The van der Waals surface area contributed by atoms with Gasteiger partial charge in [-0.25, -0.2) is 0 Å². The van der Waals surface area contributed by atoms with Crippen LogP contribution in [0.3, 0.4) is 0 Å². The summed E-state index contributed by atoms with van der Waals surface area (Å²) in [5.74, 6) is 1.01. The molecule has 2 aromatic carbocycles. The number of aryl methyl sites for hydroxylation is 2. The van der Waals surface area contributed by atoms with E-state index < -0.39 is 0 Å². The van der Waals surface area contributed by atoms with Gasteiger partial charge >= 0.3 is 5.97 Å². The Morgan fingerprint density at radius 3 is 2.59 bits per heavy atom. The zero-order valence-electron chi connectivity index (χ0n) is 13.0. The summed E-state index contributed by atoms with van der Waals surface area (Å²) in [6, 6.07) is 11.7. The van der Waals surface area contributed by atoms with E-state index >= 15 is 0 Å². The highest BCUT2D eigenvalue weighted by Crippen LogP contribution is 2.29. The maximum Gasteiger partial charge on any atom is 0.308 e. The van der Waals surface area contributed by atoms with E-state index in [1.165, 1.54) is 12.5 Å². The molecule has 2 rings (SSSR count). The number of hydrogen-bond donors (Lipinski definition) is 0. The Kier molecular flexibility index (Phi) is 5.61. The monoisotopic (exact) mass is 362 g/mol. The second-order valence-corrected chi connectivity index (χ2v) is 5.91. The van der Waals surface area contributed by atoms with Crippen LogP contribution in [-0.2, 0) is 17.8 Å². The summed E-state index contributed by atoms with van der Waals surface area (Å²) in [5.41, 5.74) is 3.20. The summed E-state index contributed by atoms with van der Waals surface area (Å²) in [4.78, 5) is 11.2. The van der Waals surface area contributed by atoms with E-state index in [-0.39, 0.29) is 5.97 Å². The maximum atomic E-state index is 11.2. The molecule has 2 aromatic rings.